The minimum atomic E-state index is -4.39. The molecule has 0 radical (unpaired) electrons. The number of aromatic nitrogens is 2. The quantitative estimate of drug-likeness (QED) is 0.849. The number of methoxy groups -OCH3 is 2. The molecular formula is C18H22F3N3O2. The highest BCUT2D eigenvalue weighted by Crippen LogP contribution is 2.32. The van der Waals surface area contributed by atoms with Gasteiger partial charge in [0.25, 0.3) is 0 Å². The lowest BCUT2D eigenvalue weighted by molar-refractivity contribution is -0.141. The van der Waals surface area contributed by atoms with Gasteiger partial charge in [-0.1, -0.05) is 12.1 Å². The first-order valence-electron chi connectivity index (χ1n) is 8.46. The highest BCUT2D eigenvalue weighted by Gasteiger charge is 2.35. The van der Waals surface area contributed by atoms with E-state index in [1.807, 2.05) is 18.2 Å². The Bertz CT molecular complexity index is 759. The lowest BCUT2D eigenvalue weighted by Gasteiger charge is -2.24. The van der Waals surface area contributed by atoms with Crippen LogP contribution in [0.2, 0.25) is 0 Å². The zero-order valence-corrected chi connectivity index (χ0v) is 14.8. The second-order valence-electron chi connectivity index (χ2n) is 6.38. The van der Waals surface area contributed by atoms with Gasteiger partial charge in [-0.25, -0.2) is 4.98 Å². The Hall–Kier alpha value is -2.22. The van der Waals surface area contributed by atoms with Crippen molar-refractivity contribution >= 4 is 0 Å². The lowest BCUT2D eigenvalue weighted by Crippen LogP contribution is -2.29. The number of benzene rings is 1. The zero-order valence-electron chi connectivity index (χ0n) is 14.8. The average molecular weight is 369 g/mol. The molecule has 2 aromatic rings. The van der Waals surface area contributed by atoms with E-state index in [-0.39, 0.29) is 5.92 Å². The van der Waals surface area contributed by atoms with Gasteiger partial charge < -0.3 is 19.4 Å². The Kier molecular flexibility index (Phi) is 5.41. The fourth-order valence-corrected chi connectivity index (χ4v) is 3.32. The van der Waals surface area contributed by atoms with Crippen molar-refractivity contribution in [3.05, 3.63) is 41.5 Å². The molecule has 1 N–H and O–H groups in total. The standard InChI is InChI=1S/C18H22F3N3O2/c1-25-14-5-3-4-13(17(14)26-2)9-22-8-12-6-7-16-23-15(18(19,20)21)11-24(16)10-12/h3-5,11-12,22H,6-10H2,1-2H3. The molecule has 3 rings (SSSR count). The second kappa shape index (κ2) is 7.57. The van der Waals surface area contributed by atoms with Gasteiger partial charge in [-0.05, 0) is 24.9 Å². The molecule has 1 atom stereocenters. The van der Waals surface area contributed by atoms with E-state index in [4.69, 9.17) is 9.47 Å². The first kappa shape index (κ1) is 18.6. The van der Waals surface area contributed by atoms with Crippen LogP contribution in [0.15, 0.2) is 24.4 Å². The van der Waals surface area contributed by atoms with Crippen molar-refractivity contribution in [3.63, 3.8) is 0 Å². The van der Waals surface area contributed by atoms with E-state index in [9.17, 15) is 13.2 Å². The van der Waals surface area contributed by atoms with Crippen LogP contribution in [-0.4, -0.2) is 30.3 Å². The summed E-state index contributed by atoms with van der Waals surface area (Å²) in [7, 11) is 3.19. The number of hydrogen-bond acceptors (Lipinski definition) is 4. The van der Waals surface area contributed by atoms with Crippen LogP contribution >= 0.6 is 0 Å². The van der Waals surface area contributed by atoms with E-state index in [2.05, 4.69) is 10.3 Å². The van der Waals surface area contributed by atoms with Gasteiger partial charge in [0.15, 0.2) is 17.2 Å². The number of ether oxygens (including phenoxy) is 2. The maximum atomic E-state index is 12.8. The summed E-state index contributed by atoms with van der Waals surface area (Å²) in [6.45, 7) is 1.85. The van der Waals surface area contributed by atoms with E-state index in [0.717, 1.165) is 18.2 Å². The number of halogens is 3. The molecule has 2 heterocycles. The highest BCUT2D eigenvalue weighted by atomic mass is 19.4. The fourth-order valence-electron chi connectivity index (χ4n) is 3.32. The van der Waals surface area contributed by atoms with Crippen molar-refractivity contribution in [1.29, 1.82) is 0 Å². The zero-order chi connectivity index (χ0) is 18.7. The number of nitrogens with zero attached hydrogens (tertiary/aromatic N) is 2. The molecule has 0 saturated carbocycles. The van der Waals surface area contributed by atoms with Crippen LogP contribution in [0.5, 0.6) is 11.5 Å². The van der Waals surface area contributed by atoms with Crippen LogP contribution in [0.4, 0.5) is 13.2 Å². The SMILES string of the molecule is COc1cccc(CNCC2CCc3nc(C(F)(F)F)cn3C2)c1OC. The molecule has 5 nitrogen and oxygen atoms in total. The van der Waals surface area contributed by atoms with Gasteiger partial charge >= 0.3 is 6.18 Å². The first-order chi connectivity index (χ1) is 12.4. The summed E-state index contributed by atoms with van der Waals surface area (Å²) in [4.78, 5) is 3.71. The maximum Gasteiger partial charge on any atom is 0.434 e. The molecule has 0 bridgehead atoms. The molecule has 0 amide bonds. The van der Waals surface area contributed by atoms with Crippen LogP contribution in [0.1, 0.15) is 23.5 Å². The van der Waals surface area contributed by atoms with E-state index >= 15 is 0 Å². The Labute approximate surface area is 150 Å². The molecule has 1 aliphatic heterocycles. The molecule has 8 heteroatoms. The molecule has 0 saturated heterocycles. The molecule has 26 heavy (non-hydrogen) atoms. The minimum absolute atomic E-state index is 0.259. The number of para-hydroxylation sites is 1. The van der Waals surface area contributed by atoms with Gasteiger partial charge in [-0.2, -0.15) is 13.2 Å². The van der Waals surface area contributed by atoms with Crippen LogP contribution in [0.25, 0.3) is 0 Å². The molecule has 0 spiro atoms. The predicted molar refractivity (Wildman–Crippen MR) is 90.3 cm³/mol. The predicted octanol–water partition coefficient (Wildman–Crippen LogP) is 3.27. The third kappa shape index (κ3) is 3.95. The van der Waals surface area contributed by atoms with Gasteiger partial charge in [0, 0.05) is 31.3 Å². The smallest absolute Gasteiger partial charge is 0.434 e. The highest BCUT2D eigenvalue weighted by molar-refractivity contribution is 5.46. The Balaban J connectivity index is 1.58. The summed E-state index contributed by atoms with van der Waals surface area (Å²) >= 11 is 0. The van der Waals surface area contributed by atoms with Gasteiger partial charge in [-0.3, -0.25) is 0 Å². The largest absolute Gasteiger partial charge is 0.493 e. The minimum Gasteiger partial charge on any atom is -0.493 e. The maximum absolute atomic E-state index is 12.8. The summed E-state index contributed by atoms with van der Waals surface area (Å²) in [6, 6.07) is 5.69. The second-order valence-corrected chi connectivity index (χ2v) is 6.38. The topological polar surface area (TPSA) is 48.3 Å². The van der Waals surface area contributed by atoms with Crippen molar-refractivity contribution in [3.8, 4) is 11.5 Å². The number of alkyl halides is 3. The molecule has 1 aromatic heterocycles. The first-order valence-corrected chi connectivity index (χ1v) is 8.46. The Morgan fingerprint density at radius 3 is 2.77 bits per heavy atom. The van der Waals surface area contributed by atoms with Crippen LogP contribution < -0.4 is 14.8 Å². The third-order valence-electron chi connectivity index (χ3n) is 4.61. The van der Waals surface area contributed by atoms with Gasteiger partial charge in [-0.15, -0.1) is 0 Å². The number of nitrogens with one attached hydrogen (secondary N) is 1. The van der Waals surface area contributed by atoms with E-state index in [1.54, 1.807) is 18.8 Å². The number of fused-ring (bicyclic) bond motifs is 1. The van der Waals surface area contributed by atoms with Crippen LogP contribution in [-0.2, 0) is 25.7 Å². The van der Waals surface area contributed by atoms with Crippen molar-refractivity contribution in [2.24, 2.45) is 5.92 Å². The Morgan fingerprint density at radius 1 is 1.27 bits per heavy atom. The van der Waals surface area contributed by atoms with Crippen molar-refractivity contribution in [1.82, 2.24) is 14.9 Å². The summed E-state index contributed by atoms with van der Waals surface area (Å²) < 4.78 is 50.7. The number of rotatable bonds is 6. The van der Waals surface area contributed by atoms with E-state index < -0.39 is 11.9 Å². The summed E-state index contributed by atoms with van der Waals surface area (Å²) in [5, 5.41) is 3.37. The number of hydrogen-bond donors (Lipinski definition) is 1. The fraction of sp³-hybridized carbons (Fsp3) is 0.500. The third-order valence-corrected chi connectivity index (χ3v) is 4.61. The van der Waals surface area contributed by atoms with Gasteiger partial charge in [0.2, 0.25) is 0 Å². The molecule has 1 aliphatic rings. The van der Waals surface area contributed by atoms with Crippen molar-refractivity contribution in [2.45, 2.75) is 32.1 Å². The summed E-state index contributed by atoms with van der Waals surface area (Å²) in [5.74, 6) is 2.14. The molecular weight excluding hydrogens is 347 g/mol. The Morgan fingerprint density at radius 2 is 2.08 bits per heavy atom. The number of aryl methyl sites for hydroxylation is 1. The van der Waals surface area contributed by atoms with Gasteiger partial charge in [0.05, 0.1) is 14.2 Å². The average Bonchev–Trinajstić information content (AvgIpc) is 3.05. The van der Waals surface area contributed by atoms with Crippen molar-refractivity contribution in [2.75, 3.05) is 20.8 Å². The van der Waals surface area contributed by atoms with Crippen LogP contribution in [0, 0.1) is 5.92 Å². The molecule has 0 aliphatic carbocycles. The monoisotopic (exact) mass is 369 g/mol. The summed E-state index contributed by atoms with van der Waals surface area (Å²) in [5.41, 5.74) is 0.174. The lowest BCUT2D eigenvalue weighted by atomic mass is 9.99. The molecule has 1 unspecified atom stereocenters. The van der Waals surface area contributed by atoms with E-state index in [0.29, 0.717) is 43.4 Å². The van der Waals surface area contributed by atoms with E-state index in [1.165, 1.54) is 0 Å². The van der Waals surface area contributed by atoms with Gasteiger partial charge in [0.1, 0.15) is 5.82 Å². The molecule has 0 fully saturated rings. The summed E-state index contributed by atoms with van der Waals surface area (Å²) in [6.07, 6.45) is -1.89. The van der Waals surface area contributed by atoms with Crippen molar-refractivity contribution < 1.29 is 22.6 Å². The van der Waals surface area contributed by atoms with Crippen LogP contribution in [0.3, 0.4) is 0 Å². The molecule has 142 valence electrons. The molecule has 1 aromatic carbocycles. The normalized spacial score (nSPS) is 17.0. The number of imidazole rings is 1.